The minimum absolute atomic E-state index is 0.00550. The van der Waals surface area contributed by atoms with Crippen LogP contribution in [0.5, 0.6) is 0 Å². The molecule has 4 nitrogen and oxygen atoms in total. The molecule has 1 amide bonds. The van der Waals surface area contributed by atoms with Crippen molar-refractivity contribution in [2.75, 3.05) is 20.6 Å². The summed E-state index contributed by atoms with van der Waals surface area (Å²) in [5.41, 5.74) is 5.89. The molecule has 0 heterocycles. The van der Waals surface area contributed by atoms with E-state index >= 15 is 0 Å². The van der Waals surface area contributed by atoms with Crippen LogP contribution in [0.3, 0.4) is 0 Å². The molecule has 0 aliphatic heterocycles. The van der Waals surface area contributed by atoms with Crippen molar-refractivity contribution < 1.29 is 4.79 Å². The average Bonchev–Trinajstić information content (AvgIpc) is 2.14. The summed E-state index contributed by atoms with van der Waals surface area (Å²) in [5, 5.41) is 3.11. The summed E-state index contributed by atoms with van der Waals surface area (Å²) >= 11 is 0. The van der Waals surface area contributed by atoms with E-state index in [0.717, 1.165) is 25.8 Å². The zero-order valence-electron chi connectivity index (χ0n) is 12.7. The normalized spacial score (nSPS) is 14.9. The molecule has 0 radical (unpaired) electrons. The highest BCUT2D eigenvalue weighted by Gasteiger charge is 2.16. The Balaban J connectivity index is 4.16. The summed E-state index contributed by atoms with van der Waals surface area (Å²) in [6.07, 6.45) is 3.39. The molecule has 0 fully saturated rings. The molecule has 2 atom stereocenters. The van der Waals surface area contributed by atoms with Crippen LogP contribution in [0.2, 0.25) is 0 Å². The molecule has 3 N–H and O–H groups in total. The quantitative estimate of drug-likeness (QED) is 0.659. The number of hydrogen-bond donors (Lipinski definition) is 2. The fraction of sp³-hybridized carbons (Fsp3) is 0.929. The van der Waals surface area contributed by atoms with Gasteiger partial charge in [0.1, 0.15) is 0 Å². The zero-order chi connectivity index (χ0) is 14.1. The second-order valence-corrected chi connectivity index (χ2v) is 5.91. The molecule has 0 aromatic rings. The third-order valence-corrected chi connectivity index (χ3v) is 2.81. The van der Waals surface area contributed by atoms with Gasteiger partial charge in [0, 0.05) is 25.0 Å². The molecule has 4 heteroatoms. The van der Waals surface area contributed by atoms with Gasteiger partial charge in [-0.15, -0.1) is 0 Å². The predicted molar refractivity (Wildman–Crippen MR) is 77.4 cm³/mol. The number of likely N-dealkylation sites (N-methyl/N-ethyl adjacent to an activating group) is 1. The van der Waals surface area contributed by atoms with Gasteiger partial charge in [-0.05, 0) is 32.9 Å². The van der Waals surface area contributed by atoms with Gasteiger partial charge >= 0.3 is 0 Å². The van der Waals surface area contributed by atoms with E-state index < -0.39 is 0 Å². The Hall–Kier alpha value is -0.610. The Bertz CT molecular complexity index is 219. The molecular weight excluding hydrogens is 226 g/mol. The summed E-state index contributed by atoms with van der Waals surface area (Å²) in [4.78, 5) is 14.0. The zero-order valence-corrected chi connectivity index (χ0v) is 12.7. The molecule has 0 saturated heterocycles. The SMILES string of the molecule is CCCC(N)CC(=O)NC(CC(C)C)CN(C)C. The van der Waals surface area contributed by atoms with Crippen LogP contribution in [0.25, 0.3) is 0 Å². The lowest BCUT2D eigenvalue weighted by atomic mass is 10.0. The van der Waals surface area contributed by atoms with Crippen molar-refractivity contribution in [3.8, 4) is 0 Å². The molecule has 0 aliphatic rings. The van der Waals surface area contributed by atoms with Crippen LogP contribution in [-0.2, 0) is 4.79 Å². The number of nitrogens with one attached hydrogen (secondary N) is 1. The van der Waals surface area contributed by atoms with Crippen LogP contribution in [0.1, 0.15) is 46.5 Å². The predicted octanol–water partition coefficient (Wildman–Crippen LogP) is 1.60. The fourth-order valence-electron chi connectivity index (χ4n) is 2.19. The lowest BCUT2D eigenvalue weighted by molar-refractivity contribution is -0.122. The Labute approximate surface area is 112 Å². The van der Waals surface area contributed by atoms with E-state index in [1.807, 2.05) is 14.1 Å². The summed E-state index contributed by atoms with van der Waals surface area (Å²) < 4.78 is 0. The lowest BCUT2D eigenvalue weighted by Crippen LogP contribution is -2.44. The van der Waals surface area contributed by atoms with E-state index in [9.17, 15) is 4.79 Å². The number of carbonyl (C=O) groups excluding carboxylic acids is 1. The van der Waals surface area contributed by atoms with Crippen LogP contribution < -0.4 is 11.1 Å². The first kappa shape index (κ1) is 17.4. The highest BCUT2D eigenvalue weighted by molar-refractivity contribution is 5.76. The first-order chi connectivity index (χ1) is 8.35. The Morgan fingerprint density at radius 3 is 2.39 bits per heavy atom. The van der Waals surface area contributed by atoms with Crippen molar-refractivity contribution in [1.29, 1.82) is 0 Å². The van der Waals surface area contributed by atoms with Gasteiger partial charge in [-0.1, -0.05) is 27.2 Å². The maximum absolute atomic E-state index is 11.9. The van der Waals surface area contributed by atoms with Crippen LogP contribution >= 0.6 is 0 Å². The van der Waals surface area contributed by atoms with E-state index in [-0.39, 0.29) is 18.0 Å². The molecule has 18 heavy (non-hydrogen) atoms. The van der Waals surface area contributed by atoms with Gasteiger partial charge in [0.15, 0.2) is 0 Å². The monoisotopic (exact) mass is 257 g/mol. The maximum atomic E-state index is 11.9. The van der Waals surface area contributed by atoms with Gasteiger partial charge in [0.2, 0.25) is 5.91 Å². The van der Waals surface area contributed by atoms with Crippen molar-refractivity contribution in [2.45, 2.75) is 58.5 Å². The first-order valence-corrected chi connectivity index (χ1v) is 7.04. The van der Waals surface area contributed by atoms with Crippen LogP contribution in [-0.4, -0.2) is 43.5 Å². The minimum Gasteiger partial charge on any atom is -0.352 e. The van der Waals surface area contributed by atoms with Gasteiger partial charge in [0.05, 0.1) is 0 Å². The molecule has 0 aliphatic carbocycles. The topological polar surface area (TPSA) is 58.4 Å². The van der Waals surface area contributed by atoms with Gasteiger partial charge < -0.3 is 16.0 Å². The van der Waals surface area contributed by atoms with Crippen molar-refractivity contribution >= 4 is 5.91 Å². The highest BCUT2D eigenvalue weighted by Crippen LogP contribution is 2.06. The molecular formula is C14H31N3O. The fourth-order valence-corrected chi connectivity index (χ4v) is 2.19. The molecule has 0 aromatic heterocycles. The van der Waals surface area contributed by atoms with E-state index in [2.05, 4.69) is 31.0 Å². The lowest BCUT2D eigenvalue weighted by Gasteiger charge is -2.24. The van der Waals surface area contributed by atoms with Crippen molar-refractivity contribution in [1.82, 2.24) is 10.2 Å². The largest absolute Gasteiger partial charge is 0.352 e. The van der Waals surface area contributed by atoms with Gasteiger partial charge in [-0.2, -0.15) is 0 Å². The Morgan fingerprint density at radius 2 is 1.94 bits per heavy atom. The molecule has 2 unspecified atom stereocenters. The third kappa shape index (κ3) is 9.42. The Kier molecular flexibility index (Phi) is 9.02. The molecule has 0 saturated carbocycles. The smallest absolute Gasteiger partial charge is 0.221 e. The Morgan fingerprint density at radius 1 is 1.33 bits per heavy atom. The van der Waals surface area contributed by atoms with E-state index in [4.69, 9.17) is 5.73 Å². The second-order valence-electron chi connectivity index (χ2n) is 5.91. The summed E-state index contributed by atoms with van der Waals surface area (Å²) in [6.45, 7) is 7.33. The molecule has 0 spiro atoms. The van der Waals surface area contributed by atoms with E-state index in [0.29, 0.717) is 12.3 Å². The summed E-state index contributed by atoms with van der Waals surface area (Å²) in [7, 11) is 4.06. The van der Waals surface area contributed by atoms with Crippen molar-refractivity contribution in [2.24, 2.45) is 11.7 Å². The first-order valence-electron chi connectivity index (χ1n) is 7.04. The minimum atomic E-state index is -0.00550. The number of nitrogens with zero attached hydrogens (tertiary/aromatic N) is 1. The van der Waals surface area contributed by atoms with E-state index in [1.165, 1.54) is 0 Å². The molecule has 0 aromatic carbocycles. The van der Waals surface area contributed by atoms with Gasteiger partial charge in [-0.25, -0.2) is 0 Å². The standard InChI is InChI=1S/C14H31N3O/c1-6-7-12(15)9-14(18)16-13(8-11(2)3)10-17(4)5/h11-13H,6-10,15H2,1-5H3,(H,16,18). The number of hydrogen-bond acceptors (Lipinski definition) is 3. The summed E-state index contributed by atoms with van der Waals surface area (Å²) in [5.74, 6) is 0.669. The number of nitrogens with two attached hydrogens (primary N) is 1. The number of carbonyl (C=O) groups is 1. The number of amides is 1. The van der Waals surface area contributed by atoms with Crippen molar-refractivity contribution in [3.05, 3.63) is 0 Å². The second kappa shape index (κ2) is 9.34. The summed E-state index contributed by atoms with van der Waals surface area (Å²) in [6, 6.07) is 0.218. The molecule has 108 valence electrons. The van der Waals surface area contributed by atoms with Crippen LogP contribution in [0, 0.1) is 5.92 Å². The van der Waals surface area contributed by atoms with Crippen molar-refractivity contribution in [3.63, 3.8) is 0 Å². The van der Waals surface area contributed by atoms with Gasteiger partial charge in [-0.3, -0.25) is 4.79 Å². The number of rotatable bonds is 9. The van der Waals surface area contributed by atoms with Crippen LogP contribution in [0.15, 0.2) is 0 Å². The molecule has 0 bridgehead atoms. The third-order valence-electron chi connectivity index (χ3n) is 2.81. The van der Waals surface area contributed by atoms with Gasteiger partial charge in [0.25, 0.3) is 0 Å². The van der Waals surface area contributed by atoms with Crippen LogP contribution in [0.4, 0.5) is 0 Å². The maximum Gasteiger partial charge on any atom is 0.221 e. The molecule has 0 rings (SSSR count). The highest BCUT2D eigenvalue weighted by atomic mass is 16.1. The average molecular weight is 257 g/mol. The van der Waals surface area contributed by atoms with E-state index in [1.54, 1.807) is 0 Å².